The lowest BCUT2D eigenvalue weighted by molar-refractivity contribution is -0.385. The highest BCUT2D eigenvalue weighted by molar-refractivity contribution is 7.98. The fraction of sp³-hybridized carbons (Fsp3) is 0.0625. The van der Waals surface area contributed by atoms with Gasteiger partial charge in [-0.2, -0.15) is 0 Å². The fourth-order valence-corrected chi connectivity index (χ4v) is 3.64. The zero-order valence-corrected chi connectivity index (χ0v) is 14.1. The zero-order valence-electron chi connectivity index (χ0n) is 13.2. The van der Waals surface area contributed by atoms with Crippen molar-refractivity contribution in [2.45, 2.75) is 10.9 Å². The van der Waals surface area contributed by atoms with Gasteiger partial charge in [-0.1, -0.05) is 30.0 Å². The second kappa shape index (κ2) is 6.15. The molecule has 2 heterocycles. The van der Waals surface area contributed by atoms with Crippen LogP contribution in [0.4, 0.5) is 5.69 Å². The van der Waals surface area contributed by atoms with Crippen LogP contribution in [0, 0.1) is 10.1 Å². The number of thioether (sulfide) groups is 1. The quantitative estimate of drug-likeness (QED) is 0.316. The number of amides is 1. The maximum atomic E-state index is 11.3. The van der Waals surface area contributed by atoms with E-state index in [9.17, 15) is 14.9 Å². The number of nitrogens with zero attached hydrogens (tertiary/aromatic N) is 4. The fourth-order valence-electron chi connectivity index (χ4n) is 2.69. The van der Waals surface area contributed by atoms with E-state index in [1.807, 2.05) is 28.7 Å². The third kappa shape index (κ3) is 2.65. The van der Waals surface area contributed by atoms with Crippen LogP contribution in [-0.4, -0.2) is 30.4 Å². The van der Waals surface area contributed by atoms with Gasteiger partial charge in [-0.25, -0.2) is 10.1 Å². The number of fused-ring (bicyclic) bond motifs is 3. The summed E-state index contributed by atoms with van der Waals surface area (Å²) in [6.07, 6.45) is 0. The lowest BCUT2D eigenvalue weighted by atomic mass is 10.1. The molecule has 1 amide bonds. The predicted octanol–water partition coefficient (Wildman–Crippen LogP) is 2.51. The molecule has 2 aromatic carbocycles. The van der Waals surface area contributed by atoms with E-state index in [-0.39, 0.29) is 11.3 Å². The van der Waals surface area contributed by atoms with Crippen molar-refractivity contribution in [1.82, 2.24) is 19.6 Å². The Balaban J connectivity index is 1.68. The molecule has 4 aromatic rings. The summed E-state index contributed by atoms with van der Waals surface area (Å²) in [7, 11) is 0. The predicted molar refractivity (Wildman–Crippen MR) is 96.0 cm³/mol. The Kier molecular flexibility index (Phi) is 3.81. The molecule has 3 N–H and O–H groups in total. The van der Waals surface area contributed by atoms with Crippen molar-refractivity contribution in [2.75, 3.05) is 0 Å². The van der Waals surface area contributed by atoms with E-state index in [1.54, 1.807) is 6.07 Å². The molecular weight excluding hydrogens is 356 g/mol. The molecule has 0 radical (unpaired) electrons. The molecule has 10 heteroatoms. The van der Waals surface area contributed by atoms with Crippen LogP contribution in [0.1, 0.15) is 15.9 Å². The minimum atomic E-state index is -0.703. The minimum absolute atomic E-state index is 0.105. The van der Waals surface area contributed by atoms with Gasteiger partial charge in [-0.05, 0) is 18.2 Å². The summed E-state index contributed by atoms with van der Waals surface area (Å²) in [6, 6.07) is 11.9. The number of benzene rings is 2. The van der Waals surface area contributed by atoms with Crippen LogP contribution in [0.5, 0.6) is 0 Å². The maximum absolute atomic E-state index is 11.3. The molecule has 0 atom stereocenters. The number of nitrogens with two attached hydrogens (primary N) is 1. The van der Waals surface area contributed by atoms with E-state index in [0.717, 1.165) is 11.0 Å². The summed E-state index contributed by atoms with van der Waals surface area (Å²) in [5.41, 5.74) is 7.37. The van der Waals surface area contributed by atoms with Gasteiger partial charge in [0.25, 0.3) is 5.69 Å². The molecule has 0 aliphatic carbocycles. The number of imidazole rings is 1. The standard InChI is InChI=1S/C16H12N6O3S/c17-14(23)9-5-6-10(13(7-9)22(24)25)8-26-16-20-19-15-18-11-3-1-2-4-12(11)21(15)16/h1-7H,8H2,(H2,17,23)(H,18,19). The molecule has 0 unspecified atom stereocenters. The number of carbonyl (C=O) groups excluding carboxylic acids is 1. The first-order valence-corrected chi connectivity index (χ1v) is 8.54. The van der Waals surface area contributed by atoms with Crippen molar-refractivity contribution in [2.24, 2.45) is 5.73 Å². The average Bonchev–Trinajstić information content (AvgIpc) is 3.18. The Morgan fingerprint density at radius 3 is 2.88 bits per heavy atom. The molecule has 130 valence electrons. The van der Waals surface area contributed by atoms with Gasteiger partial charge >= 0.3 is 0 Å². The first-order chi connectivity index (χ1) is 12.5. The van der Waals surface area contributed by atoms with Crippen molar-refractivity contribution >= 4 is 40.2 Å². The Hall–Kier alpha value is -3.40. The maximum Gasteiger partial charge on any atom is 0.274 e. The number of rotatable bonds is 5. The van der Waals surface area contributed by atoms with Crippen LogP contribution < -0.4 is 5.73 Å². The molecule has 26 heavy (non-hydrogen) atoms. The summed E-state index contributed by atoms with van der Waals surface area (Å²) in [4.78, 5) is 26.5. The molecule has 0 fully saturated rings. The van der Waals surface area contributed by atoms with E-state index >= 15 is 0 Å². The van der Waals surface area contributed by atoms with Gasteiger partial charge in [0.2, 0.25) is 11.7 Å². The number of aromatic nitrogens is 4. The molecule has 0 saturated heterocycles. The van der Waals surface area contributed by atoms with E-state index in [4.69, 9.17) is 5.73 Å². The topological polar surface area (TPSA) is 132 Å². The van der Waals surface area contributed by atoms with Crippen LogP contribution in [0.2, 0.25) is 0 Å². The molecule has 4 rings (SSSR count). The van der Waals surface area contributed by atoms with E-state index < -0.39 is 10.8 Å². The molecule has 2 aromatic heterocycles. The van der Waals surface area contributed by atoms with Crippen molar-refractivity contribution in [1.29, 1.82) is 0 Å². The lowest BCUT2D eigenvalue weighted by Gasteiger charge is -2.04. The van der Waals surface area contributed by atoms with E-state index in [1.165, 1.54) is 23.9 Å². The second-order valence-electron chi connectivity index (χ2n) is 5.52. The van der Waals surface area contributed by atoms with Gasteiger partial charge < -0.3 is 5.73 Å². The Labute approximate surface area is 150 Å². The number of para-hydroxylation sites is 2. The number of carbonyl (C=O) groups is 1. The average molecular weight is 368 g/mol. The van der Waals surface area contributed by atoms with E-state index in [0.29, 0.717) is 22.3 Å². The molecule has 0 saturated carbocycles. The van der Waals surface area contributed by atoms with Crippen molar-refractivity contribution in [3.8, 4) is 0 Å². The van der Waals surface area contributed by atoms with Crippen molar-refractivity contribution in [3.63, 3.8) is 0 Å². The summed E-state index contributed by atoms with van der Waals surface area (Å²) in [6.45, 7) is 0. The minimum Gasteiger partial charge on any atom is -0.366 e. The van der Waals surface area contributed by atoms with Crippen molar-refractivity contribution < 1.29 is 9.72 Å². The summed E-state index contributed by atoms with van der Waals surface area (Å²) in [5, 5.41) is 19.0. The number of nitro groups is 1. The highest BCUT2D eigenvalue weighted by atomic mass is 32.2. The molecule has 9 nitrogen and oxygen atoms in total. The first kappa shape index (κ1) is 16.1. The third-order valence-corrected chi connectivity index (χ3v) is 4.91. The van der Waals surface area contributed by atoms with Gasteiger partial charge in [-0.3, -0.25) is 19.3 Å². The Morgan fingerprint density at radius 2 is 2.12 bits per heavy atom. The number of nitro benzene ring substituents is 1. The van der Waals surface area contributed by atoms with Gasteiger partial charge in [0.15, 0.2) is 5.16 Å². The van der Waals surface area contributed by atoms with Crippen LogP contribution in [-0.2, 0) is 5.75 Å². The second-order valence-corrected chi connectivity index (χ2v) is 6.46. The number of hydrogen-bond donors (Lipinski definition) is 2. The smallest absolute Gasteiger partial charge is 0.274 e. The largest absolute Gasteiger partial charge is 0.366 e. The molecule has 0 bridgehead atoms. The summed E-state index contributed by atoms with van der Waals surface area (Å²) in [5.74, 6) is 0.209. The summed E-state index contributed by atoms with van der Waals surface area (Å²) >= 11 is 1.33. The Morgan fingerprint density at radius 1 is 1.31 bits per heavy atom. The normalized spacial score (nSPS) is 11.2. The zero-order chi connectivity index (χ0) is 18.3. The monoisotopic (exact) mass is 368 g/mol. The van der Waals surface area contributed by atoms with Gasteiger partial charge in [0.1, 0.15) is 0 Å². The van der Waals surface area contributed by atoms with E-state index in [2.05, 4.69) is 15.2 Å². The highest BCUT2D eigenvalue weighted by Gasteiger charge is 2.18. The molecule has 0 aliphatic rings. The number of nitrogens with one attached hydrogen (secondary N) is 1. The SMILES string of the molecule is NC(=O)c1ccc(CSc2n[nH]c3nc4ccccc4n23)c([N+](=O)[O-])c1. The van der Waals surface area contributed by atoms with Crippen LogP contribution in [0.3, 0.4) is 0 Å². The third-order valence-electron chi connectivity index (χ3n) is 3.93. The summed E-state index contributed by atoms with van der Waals surface area (Å²) < 4.78 is 1.86. The molecule has 0 spiro atoms. The highest BCUT2D eigenvalue weighted by Crippen LogP contribution is 2.29. The van der Waals surface area contributed by atoms with Crippen LogP contribution in [0.25, 0.3) is 16.8 Å². The Bertz CT molecular complexity index is 1170. The number of H-pyrrole nitrogens is 1. The molecular formula is C16H12N6O3S. The number of hydrogen-bond acceptors (Lipinski definition) is 6. The molecule has 0 aliphatic heterocycles. The number of aromatic amines is 1. The van der Waals surface area contributed by atoms with Crippen molar-refractivity contribution in [3.05, 3.63) is 63.7 Å². The van der Waals surface area contributed by atoms with Crippen LogP contribution >= 0.6 is 11.8 Å². The van der Waals surface area contributed by atoms with Gasteiger partial charge in [-0.15, -0.1) is 5.10 Å². The van der Waals surface area contributed by atoms with Gasteiger partial charge in [0, 0.05) is 22.9 Å². The number of primary amides is 1. The van der Waals surface area contributed by atoms with Crippen LogP contribution in [0.15, 0.2) is 47.6 Å². The first-order valence-electron chi connectivity index (χ1n) is 7.56. The lowest BCUT2D eigenvalue weighted by Crippen LogP contribution is -2.11. The van der Waals surface area contributed by atoms with Gasteiger partial charge in [0.05, 0.1) is 16.0 Å².